The van der Waals surface area contributed by atoms with E-state index in [1.54, 1.807) is 0 Å². The van der Waals surface area contributed by atoms with Crippen LogP contribution in [-0.4, -0.2) is 9.97 Å². The van der Waals surface area contributed by atoms with Gasteiger partial charge in [0.15, 0.2) is 0 Å². The molecule has 0 saturated carbocycles. The van der Waals surface area contributed by atoms with E-state index in [1.165, 1.54) is 22.4 Å². The molecule has 0 bridgehead atoms. The minimum absolute atomic E-state index is 0.493. The molecule has 0 amide bonds. The van der Waals surface area contributed by atoms with Crippen molar-refractivity contribution in [1.29, 1.82) is 0 Å². The molecule has 2 aromatic rings. The second-order valence-electron chi connectivity index (χ2n) is 7.75. The maximum Gasteiger partial charge on any atom is 0.0434 e. The minimum Gasteiger partial charge on any atom is -0.264 e. The summed E-state index contributed by atoms with van der Waals surface area (Å²) in [6, 6.07) is 6.73. The van der Waals surface area contributed by atoms with E-state index < -0.39 is 0 Å². The zero-order valence-electron chi connectivity index (χ0n) is 16.1. The van der Waals surface area contributed by atoms with Gasteiger partial charge in [0, 0.05) is 24.3 Å². The molecular weight excluding hydrogens is 292 g/mol. The summed E-state index contributed by atoms with van der Waals surface area (Å²) in [7, 11) is 0. The van der Waals surface area contributed by atoms with E-state index in [2.05, 4.69) is 69.7 Å². The number of rotatable bonds is 7. The molecule has 2 aromatic heterocycles. The lowest BCUT2D eigenvalue weighted by Crippen LogP contribution is -2.03. The van der Waals surface area contributed by atoms with Gasteiger partial charge in [0.25, 0.3) is 0 Å². The van der Waals surface area contributed by atoms with E-state index in [9.17, 15) is 0 Å². The summed E-state index contributed by atoms with van der Waals surface area (Å²) < 4.78 is 0. The Balaban J connectivity index is 1.99. The summed E-state index contributed by atoms with van der Waals surface area (Å²) in [4.78, 5) is 9.03. The lowest BCUT2D eigenvalue weighted by atomic mass is 9.89. The van der Waals surface area contributed by atoms with Crippen LogP contribution in [0, 0.1) is 0 Å². The van der Waals surface area contributed by atoms with E-state index >= 15 is 0 Å². The standard InChI is InChI=1S/C22H32N2/c1-15(2)19-9-10-24-22(12-19)18(6)8-7-17(5)21-11-20(16(3)4)13-23-14-21/h9-18H,7-8H2,1-6H3. The molecule has 0 radical (unpaired) electrons. The van der Waals surface area contributed by atoms with Crippen molar-refractivity contribution in [2.45, 2.75) is 78.1 Å². The number of hydrogen-bond donors (Lipinski definition) is 0. The van der Waals surface area contributed by atoms with Gasteiger partial charge in [-0.1, -0.05) is 47.6 Å². The smallest absolute Gasteiger partial charge is 0.0434 e. The van der Waals surface area contributed by atoms with E-state index in [-0.39, 0.29) is 0 Å². The number of pyridine rings is 2. The zero-order chi connectivity index (χ0) is 17.7. The van der Waals surface area contributed by atoms with Crippen molar-refractivity contribution < 1.29 is 0 Å². The summed E-state index contributed by atoms with van der Waals surface area (Å²) in [5, 5.41) is 0. The van der Waals surface area contributed by atoms with Crippen molar-refractivity contribution in [3.05, 3.63) is 59.2 Å². The predicted molar refractivity (Wildman–Crippen MR) is 103 cm³/mol. The highest BCUT2D eigenvalue weighted by Gasteiger charge is 2.13. The van der Waals surface area contributed by atoms with Crippen LogP contribution in [0.5, 0.6) is 0 Å². The molecular formula is C22H32N2. The molecule has 2 unspecified atom stereocenters. The zero-order valence-corrected chi connectivity index (χ0v) is 16.1. The van der Waals surface area contributed by atoms with Crippen molar-refractivity contribution in [2.75, 3.05) is 0 Å². The maximum absolute atomic E-state index is 4.60. The number of hydrogen-bond acceptors (Lipinski definition) is 2. The van der Waals surface area contributed by atoms with Crippen LogP contribution in [0.15, 0.2) is 36.8 Å². The lowest BCUT2D eigenvalue weighted by molar-refractivity contribution is 0.563. The monoisotopic (exact) mass is 324 g/mol. The summed E-state index contributed by atoms with van der Waals surface area (Å²) >= 11 is 0. The van der Waals surface area contributed by atoms with Gasteiger partial charge in [-0.15, -0.1) is 0 Å². The topological polar surface area (TPSA) is 25.8 Å². The van der Waals surface area contributed by atoms with Crippen LogP contribution in [-0.2, 0) is 0 Å². The molecule has 2 heteroatoms. The number of nitrogens with zero attached hydrogens (tertiary/aromatic N) is 2. The Morgan fingerprint density at radius 1 is 0.750 bits per heavy atom. The first-order valence-corrected chi connectivity index (χ1v) is 9.29. The summed E-state index contributed by atoms with van der Waals surface area (Å²) in [5.74, 6) is 2.12. The molecule has 130 valence electrons. The highest BCUT2D eigenvalue weighted by molar-refractivity contribution is 5.24. The van der Waals surface area contributed by atoms with Gasteiger partial charge in [0.1, 0.15) is 0 Å². The van der Waals surface area contributed by atoms with Gasteiger partial charge >= 0.3 is 0 Å². The van der Waals surface area contributed by atoms with Crippen LogP contribution in [0.2, 0.25) is 0 Å². The predicted octanol–water partition coefficient (Wildman–Crippen LogP) is 6.41. The fraction of sp³-hybridized carbons (Fsp3) is 0.545. The number of aromatic nitrogens is 2. The van der Waals surface area contributed by atoms with Crippen molar-refractivity contribution in [1.82, 2.24) is 9.97 Å². The van der Waals surface area contributed by atoms with Crippen molar-refractivity contribution in [3.63, 3.8) is 0 Å². The molecule has 2 heterocycles. The Morgan fingerprint density at radius 3 is 2.04 bits per heavy atom. The Morgan fingerprint density at radius 2 is 1.38 bits per heavy atom. The van der Waals surface area contributed by atoms with Gasteiger partial charge in [-0.2, -0.15) is 0 Å². The van der Waals surface area contributed by atoms with Crippen molar-refractivity contribution in [2.24, 2.45) is 0 Å². The molecule has 0 saturated heterocycles. The third-order valence-electron chi connectivity index (χ3n) is 5.03. The van der Waals surface area contributed by atoms with Crippen LogP contribution in [0.3, 0.4) is 0 Å². The van der Waals surface area contributed by atoms with Crippen LogP contribution < -0.4 is 0 Å². The van der Waals surface area contributed by atoms with Gasteiger partial charge < -0.3 is 0 Å². The maximum atomic E-state index is 4.60. The van der Waals surface area contributed by atoms with Crippen LogP contribution in [0.25, 0.3) is 0 Å². The van der Waals surface area contributed by atoms with Gasteiger partial charge in [-0.05, 0) is 65.3 Å². The van der Waals surface area contributed by atoms with E-state index in [0.29, 0.717) is 23.7 Å². The molecule has 0 fully saturated rings. The molecule has 0 N–H and O–H groups in total. The molecule has 0 aliphatic rings. The van der Waals surface area contributed by atoms with Crippen molar-refractivity contribution >= 4 is 0 Å². The molecule has 0 aliphatic carbocycles. The second-order valence-corrected chi connectivity index (χ2v) is 7.75. The van der Waals surface area contributed by atoms with Gasteiger partial charge in [-0.25, -0.2) is 0 Å². The van der Waals surface area contributed by atoms with Gasteiger partial charge in [-0.3, -0.25) is 9.97 Å². The molecule has 2 nitrogen and oxygen atoms in total. The fourth-order valence-electron chi connectivity index (χ4n) is 2.97. The first-order valence-electron chi connectivity index (χ1n) is 9.29. The normalized spacial score (nSPS) is 14.2. The Kier molecular flexibility index (Phi) is 6.53. The largest absolute Gasteiger partial charge is 0.264 e. The first kappa shape index (κ1) is 18.6. The Labute approximate surface area is 147 Å². The summed E-state index contributed by atoms with van der Waals surface area (Å²) in [6.07, 6.45) is 8.30. The second kappa shape index (κ2) is 8.41. The van der Waals surface area contributed by atoms with Gasteiger partial charge in [0.05, 0.1) is 0 Å². The Bertz CT molecular complexity index is 588. The third-order valence-corrected chi connectivity index (χ3v) is 5.03. The average Bonchev–Trinajstić information content (AvgIpc) is 2.59. The highest BCUT2D eigenvalue weighted by atomic mass is 14.7. The molecule has 2 atom stereocenters. The highest BCUT2D eigenvalue weighted by Crippen LogP contribution is 2.28. The summed E-state index contributed by atoms with van der Waals surface area (Å²) in [6.45, 7) is 13.5. The lowest BCUT2D eigenvalue weighted by Gasteiger charge is -2.17. The molecule has 0 aliphatic heterocycles. The molecule has 0 aromatic carbocycles. The third kappa shape index (κ3) is 4.90. The van der Waals surface area contributed by atoms with Crippen LogP contribution in [0.1, 0.15) is 100 Å². The van der Waals surface area contributed by atoms with E-state index in [0.717, 1.165) is 12.8 Å². The van der Waals surface area contributed by atoms with Crippen LogP contribution in [0.4, 0.5) is 0 Å². The van der Waals surface area contributed by atoms with E-state index in [4.69, 9.17) is 0 Å². The summed E-state index contributed by atoms with van der Waals surface area (Å²) in [5.41, 5.74) is 5.30. The Hall–Kier alpha value is -1.70. The van der Waals surface area contributed by atoms with Crippen molar-refractivity contribution in [3.8, 4) is 0 Å². The molecule has 2 rings (SSSR count). The molecule has 24 heavy (non-hydrogen) atoms. The average molecular weight is 325 g/mol. The fourth-order valence-corrected chi connectivity index (χ4v) is 2.97. The first-order chi connectivity index (χ1) is 11.4. The van der Waals surface area contributed by atoms with Crippen LogP contribution >= 0.6 is 0 Å². The SMILES string of the molecule is CC(C)c1cncc(C(C)CCC(C)c2cc(C(C)C)ccn2)c1. The van der Waals surface area contributed by atoms with E-state index in [1.807, 2.05) is 18.6 Å². The molecule has 0 spiro atoms. The van der Waals surface area contributed by atoms with Gasteiger partial charge in [0.2, 0.25) is 0 Å². The quantitative estimate of drug-likeness (QED) is 0.588. The minimum atomic E-state index is 0.493.